The van der Waals surface area contributed by atoms with Crippen LogP contribution in [0, 0.1) is 13.8 Å². The van der Waals surface area contributed by atoms with Gasteiger partial charge in [0.25, 0.3) is 11.8 Å². The number of thioether (sulfide) groups is 1. The lowest BCUT2D eigenvalue weighted by Gasteiger charge is -2.32. The van der Waals surface area contributed by atoms with Gasteiger partial charge in [-0.25, -0.2) is 0 Å². The number of likely N-dealkylation sites (tertiary alicyclic amines) is 1. The van der Waals surface area contributed by atoms with E-state index in [0.29, 0.717) is 39.0 Å². The predicted octanol–water partition coefficient (Wildman–Crippen LogP) is 7.08. The SMILES string of the molecule is Cc1[nH]c(C=C2C(=O)Nc3ccc(SCc4c(Cl)cccc4Cl)cc32)c(C)c1C(=O)N1CCC(NC2CC2)CC1. The summed E-state index contributed by atoms with van der Waals surface area (Å²) in [5, 5.41) is 7.94. The minimum Gasteiger partial charge on any atom is -0.358 e. The Labute approximate surface area is 248 Å². The molecule has 0 atom stereocenters. The van der Waals surface area contributed by atoms with Gasteiger partial charge < -0.3 is 20.5 Å². The highest BCUT2D eigenvalue weighted by molar-refractivity contribution is 7.98. The summed E-state index contributed by atoms with van der Waals surface area (Å²) in [6.07, 6.45) is 6.40. The first kappa shape index (κ1) is 27.5. The standard InChI is InChI=1S/C31H32Cl2N4O2S/c1-17-28(34-18(2)29(17)31(39)37-12-10-20(11-13-37)35-19-6-7-19)15-23-22-14-21(8-9-27(22)36-30(23)38)40-16-24-25(32)4-3-5-26(24)33/h3-5,8-9,14-15,19-20,34-35H,6-7,10-13,16H2,1-2H3,(H,36,38). The average molecular weight is 596 g/mol. The number of carbonyl (C=O) groups excluding carboxylic acids is 2. The number of benzene rings is 2. The minimum absolute atomic E-state index is 0.0639. The van der Waals surface area contributed by atoms with Crippen molar-refractivity contribution in [2.75, 3.05) is 18.4 Å². The Hall–Kier alpha value is -2.71. The van der Waals surface area contributed by atoms with E-state index in [2.05, 4.69) is 15.6 Å². The first-order valence-electron chi connectivity index (χ1n) is 13.8. The predicted molar refractivity (Wildman–Crippen MR) is 164 cm³/mol. The molecule has 2 aromatic carbocycles. The van der Waals surface area contributed by atoms with Crippen LogP contribution >= 0.6 is 35.0 Å². The lowest BCUT2D eigenvalue weighted by Crippen LogP contribution is -2.45. The second-order valence-electron chi connectivity index (χ2n) is 10.9. The zero-order chi connectivity index (χ0) is 28.0. The van der Waals surface area contributed by atoms with Crippen LogP contribution in [0.3, 0.4) is 0 Å². The largest absolute Gasteiger partial charge is 0.358 e. The molecule has 1 saturated carbocycles. The van der Waals surface area contributed by atoms with Crippen molar-refractivity contribution in [1.82, 2.24) is 15.2 Å². The number of aromatic nitrogens is 1. The molecule has 1 aromatic heterocycles. The highest BCUT2D eigenvalue weighted by atomic mass is 35.5. The van der Waals surface area contributed by atoms with Gasteiger partial charge in [-0.15, -0.1) is 11.8 Å². The van der Waals surface area contributed by atoms with Gasteiger partial charge in [-0.1, -0.05) is 29.3 Å². The third-order valence-corrected chi connectivity index (χ3v) is 9.76. The van der Waals surface area contributed by atoms with Gasteiger partial charge in [-0.3, -0.25) is 9.59 Å². The van der Waals surface area contributed by atoms with E-state index in [0.717, 1.165) is 64.6 Å². The third-order valence-electron chi connectivity index (χ3n) is 8.03. The van der Waals surface area contributed by atoms with Gasteiger partial charge in [-0.2, -0.15) is 0 Å². The molecule has 2 amide bonds. The van der Waals surface area contributed by atoms with E-state index in [4.69, 9.17) is 23.2 Å². The number of amides is 2. The van der Waals surface area contributed by atoms with Crippen molar-refractivity contribution < 1.29 is 9.59 Å². The van der Waals surface area contributed by atoms with Gasteiger partial charge in [0.1, 0.15) is 0 Å². The first-order valence-corrected chi connectivity index (χ1v) is 15.5. The minimum atomic E-state index is -0.156. The van der Waals surface area contributed by atoms with Crippen LogP contribution in [0.1, 0.15) is 64.1 Å². The van der Waals surface area contributed by atoms with Gasteiger partial charge in [0.15, 0.2) is 0 Å². The van der Waals surface area contributed by atoms with Gasteiger partial charge in [0.05, 0.1) is 11.1 Å². The van der Waals surface area contributed by atoms with Crippen LogP contribution in [-0.2, 0) is 10.5 Å². The molecule has 1 aliphatic carbocycles. The fraction of sp³-hybridized carbons (Fsp3) is 0.355. The monoisotopic (exact) mass is 594 g/mol. The lowest BCUT2D eigenvalue weighted by atomic mass is 10.0. The van der Waals surface area contributed by atoms with Crippen molar-refractivity contribution >= 4 is 64.1 Å². The maximum absolute atomic E-state index is 13.5. The molecule has 1 saturated heterocycles. The summed E-state index contributed by atoms with van der Waals surface area (Å²) in [6.45, 7) is 5.41. The first-order chi connectivity index (χ1) is 19.3. The molecule has 0 bridgehead atoms. The molecule has 0 unspecified atom stereocenters. The van der Waals surface area contributed by atoms with E-state index < -0.39 is 0 Å². The summed E-state index contributed by atoms with van der Waals surface area (Å²) in [5.41, 5.74) is 6.26. The Morgan fingerprint density at radius 2 is 1.77 bits per heavy atom. The fourth-order valence-electron chi connectivity index (χ4n) is 5.60. The number of rotatable bonds is 7. The molecule has 208 valence electrons. The van der Waals surface area contributed by atoms with Crippen LogP contribution in [0.5, 0.6) is 0 Å². The summed E-state index contributed by atoms with van der Waals surface area (Å²) in [5.74, 6) is 0.525. The van der Waals surface area contributed by atoms with E-state index in [1.54, 1.807) is 11.8 Å². The van der Waals surface area contributed by atoms with Crippen molar-refractivity contribution in [3.63, 3.8) is 0 Å². The van der Waals surface area contributed by atoms with Crippen LogP contribution < -0.4 is 10.6 Å². The summed E-state index contributed by atoms with van der Waals surface area (Å²) >= 11 is 14.3. The van der Waals surface area contributed by atoms with Crippen molar-refractivity contribution in [3.05, 3.63) is 80.1 Å². The van der Waals surface area contributed by atoms with E-state index in [1.165, 1.54) is 12.8 Å². The second-order valence-corrected chi connectivity index (χ2v) is 12.7. The molecule has 0 radical (unpaired) electrons. The fourth-order valence-corrected chi connectivity index (χ4v) is 7.28. The van der Waals surface area contributed by atoms with Gasteiger partial charge >= 0.3 is 0 Å². The quantitative estimate of drug-likeness (QED) is 0.202. The number of aromatic amines is 1. The zero-order valence-corrected chi connectivity index (χ0v) is 24.9. The third kappa shape index (κ3) is 5.57. The van der Waals surface area contributed by atoms with Crippen molar-refractivity contribution in [3.8, 4) is 0 Å². The molecule has 3 aliphatic rings. The van der Waals surface area contributed by atoms with Crippen molar-refractivity contribution in [2.45, 2.75) is 62.3 Å². The van der Waals surface area contributed by atoms with Crippen molar-refractivity contribution in [2.24, 2.45) is 0 Å². The second kappa shape index (κ2) is 11.3. The lowest BCUT2D eigenvalue weighted by molar-refractivity contribution is -0.110. The number of aryl methyl sites for hydroxylation is 1. The molecule has 0 spiro atoms. The van der Waals surface area contributed by atoms with Gasteiger partial charge in [-0.05, 0) is 87.1 Å². The van der Waals surface area contributed by atoms with E-state index in [1.807, 2.05) is 61.2 Å². The Balaban J connectivity index is 1.21. The summed E-state index contributed by atoms with van der Waals surface area (Å²) in [4.78, 5) is 32.9. The molecule has 3 aromatic rings. The Morgan fingerprint density at radius 3 is 2.48 bits per heavy atom. The number of fused-ring (bicyclic) bond motifs is 1. The number of hydrogen-bond acceptors (Lipinski definition) is 4. The summed E-state index contributed by atoms with van der Waals surface area (Å²) in [6, 6.07) is 12.6. The number of nitrogens with zero attached hydrogens (tertiary/aromatic N) is 1. The summed E-state index contributed by atoms with van der Waals surface area (Å²) in [7, 11) is 0. The smallest absolute Gasteiger partial charge is 0.256 e. The number of halogens is 2. The van der Waals surface area contributed by atoms with Crippen molar-refractivity contribution in [1.29, 1.82) is 0 Å². The highest BCUT2D eigenvalue weighted by Gasteiger charge is 2.31. The van der Waals surface area contributed by atoms with E-state index in [-0.39, 0.29) is 11.8 Å². The molecule has 6 rings (SSSR count). The van der Waals surface area contributed by atoms with Crippen LogP contribution in [0.2, 0.25) is 10.0 Å². The number of H-pyrrole nitrogens is 1. The molecule has 6 nitrogen and oxygen atoms in total. The number of hydrogen-bond donors (Lipinski definition) is 3. The van der Waals surface area contributed by atoms with Gasteiger partial charge in [0.2, 0.25) is 0 Å². The Bertz CT molecular complexity index is 1500. The van der Waals surface area contributed by atoms with E-state index in [9.17, 15) is 9.59 Å². The molecule has 40 heavy (non-hydrogen) atoms. The van der Waals surface area contributed by atoms with E-state index >= 15 is 0 Å². The van der Waals surface area contributed by atoms with Crippen LogP contribution in [0.15, 0.2) is 41.3 Å². The number of anilines is 1. The average Bonchev–Trinajstić information content (AvgIpc) is 3.63. The van der Waals surface area contributed by atoms with Crippen LogP contribution in [-0.4, -0.2) is 46.9 Å². The molecular formula is C31H32Cl2N4O2S. The van der Waals surface area contributed by atoms with Crippen LogP contribution in [0.4, 0.5) is 5.69 Å². The maximum atomic E-state index is 13.5. The zero-order valence-electron chi connectivity index (χ0n) is 22.6. The molecule has 3 heterocycles. The number of carbonyl (C=O) groups is 2. The summed E-state index contributed by atoms with van der Waals surface area (Å²) < 4.78 is 0. The Kier molecular flexibility index (Phi) is 7.75. The number of nitrogens with one attached hydrogen (secondary N) is 3. The number of piperidine rings is 1. The highest BCUT2D eigenvalue weighted by Crippen LogP contribution is 2.39. The molecular weight excluding hydrogens is 563 g/mol. The molecule has 3 N–H and O–H groups in total. The topological polar surface area (TPSA) is 77.2 Å². The molecule has 2 fully saturated rings. The molecule has 9 heteroatoms. The van der Waals surface area contributed by atoms with Gasteiger partial charge in [0, 0.05) is 68.5 Å². The van der Waals surface area contributed by atoms with Crippen LogP contribution in [0.25, 0.3) is 11.6 Å². The molecule has 2 aliphatic heterocycles. The maximum Gasteiger partial charge on any atom is 0.256 e. The normalized spacial score (nSPS) is 18.4. The Morgan fingerprint density at radius 1 is 1.07 bits per heavy atom.